The Balaban J connectivity index is 2.30. The molecule has 21 heavy (non-hydrogen) atoms. The number of carbonyl (C=O) groups is 1. The summed E-state index contributed by atoms with van der Waals surface area (Å²) in [6.45, 7) is -0.854. The number of carbonyl (C=O) groups excluding carboxylic acids is 1. The van der Waals surface area contributed by atoms with E-state index in [4.69, 9.17) is 11.6 Å². The van der Waals surface area contributed by atoms with Gasteiger partial charge in [-0.3, -0.25) is 4.79 Å². The molecular formula is C16H16ClNO3. The first-order valence-corrected chi connectivity index (χ1v) is 6.84. The van der Waals surface area contributed by atoms with Crippen LogP contribution in [0.25, 0.3) is 0 Å². The summed E-state index contributed by atoms with van der Waals surface area (Å²) < 4.78 is 0. The maximum absolute atomic E-state index is 12.3. The molecule has 0 fully saturated rings. The van der Waals surface area contributed by atoms with Gasteiger partial charge in [0.1, 0.15) is 5.54 Å². The predicted molar refractivity (Wildman–Crippen MR) is 81.2 cm³/mol. The van der Waals surface area contributed by atoms with Crippen molar-refractivity contribution in [2.24, 2.45) is 0 Å². The van der Waals surface area contributed by atoms with Gasteiger partial charge in [-0.1, -0.05) is 41.9 Å². The molecule has 2 aromatic rings. The highest BCUT2D eigenvalue weighted by atomic mass is 35.5. The van der Waals surface area contributed by atoms with Crippen LogP contribution in [0.2, 0.25) is 5.02 Å². The monoisotopic (exact) mass is 305 g/mol. The number of rotatable bonds is 5. The van der Waals surface area contributed by atoms with Crippen molar-refractivity contribution < 1.29 is 15.0 Å². The van der Waals surface area contributed by atoms with Crippen molar-refractivity contribution in [3.63, 3.8) is 0 Å². The first-order chi connectivity index (χ1) is 10.1. The number of aliphatic hydroxyl groups excluding tert-OH is 2. The van der Waals surface area contributed by atoms with E-state index < -0.39 is 18.8 Å². The normalized spacial score (nSPS) is 11.2. The average Bonchev–Trinajstić information content (AvgIpc) is 2.54. The molecule has 0 aliphatic rings. The van der Waals surface area contributed by atoms with Crippen molar-refractivity contribution in [2.75, 3.05) is 13.2 Å². The zero-order valence-corrected chi connectivity index (χ0v) is 12.0. The highest BCUT2D eigenvalue weighted by Crippen LogP contribution is 2.23. The fraction of sp³-hybridized carbons (Fsp3) is 0.188. The third kappa shape index (κ3) is 3.42. The van der Waals surface area contributed by atoms with Gasteiger partial charge in [0.15, 0.2) is 0 Å². The second-order valence-electron chi connectivity index (χ2n) is 4.73. The Morgan fingerprint density at radius 3 is 2.10 bits per heavy atom. The molecule has 5 heteroatoms. The molecule has 0 unspecified atom stereocenters. The first kappa shape index (κ1) is 15.5. The van der Waals surface area contributed by atoms with Crippen LogP contribution < -0.4 is 5.32 Å². The molecule has 110 valence electrons. The fourth-order valence-corrected chi connectivity index (χ4v) is 2.16. The van der Waals surface area contributed by atoms with Gasteiger partial charge in [0.05, 0.1) is 13.2 Å². The number of benzene rings is 2. The minimum atomic E-state index is -1.25. The van der Waals surface area contributed by atoms with Crippen LogP contribution in [0.4, 0.5) is 0 Å². The molecular weight excluding hydrogens is 290 g/mol. The number of hydrogen-bond donors (Lipinski definition) is 3. The zero-order valence-electron chi connectivity index (χ0n) is 11.3. The number of aliphatic hydroxyl groups is 2. The summed E-state index contributed by atoms with van der Waals surface area (Å²) >= 11 is 5.84. The molecule has 1 amide bonds. The Kier molecular flexibility index (Phi) is 4.96. The van der Waals surface area contributed by atoms with Crippen LogP contribution in [0.3, 0.4) is 0 Å². The molecule has 2 rings (SSSR count). The SMILES string of the molecule is O=C(NC(CO)(CO)c1ccc(Cl)cc1)c1ccccc1. The molecule has 0 bridgehead atoms. The molecule has 0 aromatic heterocycles. The van der Waals surface area contributed by atoms with Crippen LogP contribution >= 0.6 is 11.6 Å². The van der Waals surface area contributed by atoms with E-state index in [9.17, 15) is 15.0 Å². The Hall–Kier alpha value is -1.88. The summed E-state index contributed by atoms with van der Waals surface area (Å²) in [5, 5.41) is 22.6. The molecule has 2 aromatic carbocycles. The Morgan fingerprint density at radius 2 is 1.57 bits per heavy atom. The highest BCUT2D eigenvalue weighted by Gasteiger charge is 2.33. The van der Waals surface area contributed by atoms with Crippen molar-refractivity contribution >= 4 is 17.5 Å². The van der Waals surface area contributed by atoms with Gasteiger partial charge in [-0.25, -0.2) is 0 Å². The lowest BCUT2D eigenvalue weighted by atomic mass is 9.91. The fourth-order valence-electron chi connectivity index (χ4n) is 2.03. The van der Waals surface area contributed by atoms with Crippen molar-refractivity contribution in [1.82, 2.24) is 5.32 Å². The lowest BCUT2D eigenvalue weighted by molar-refractivity contribution is 0.0658. The van der Waals surface area contributed by atoms with Crippen molar-refractivity contribution in [3.05, 3.63) is 70.7 Å². The summed E-state index contributed by atoms with van der Waals surface area (Å²) in [6, 6.07) is 15.2. The molecule has 4 nitrogen and oxygen atoms in total. The number of hydrogen-bond acceptors (Lipinski definition) is 3. The van der Waals surface area contributed by atoms with Crippen LogP contribution in [0.15, 0.2) is 54.6 Å². The second-order valence-corrected chi connectivity index (χ2v) is 5.16. The second kappa shape index (κ2) is 6.72. The molecule has 0 heterocycles. The lowest BCUT2D eigenvalue weighted by Crippen LogP contribution is -2.51. The van der Waals surface area contributed by atoms with Crippen molar-refractivity contribution in [3.8, 4) is 0 Å². The maximum Gasteiger partial charge on any atom is 0.252 e. The summed E-state index contributed by atoms with van der Waals surface area (Å²) in [7, 11) is 0. The molecule has 3 N–H and O–H groups in total. The van der Waals surface area contributed by atoms with Gasteiger partial charge in [-0.15, -0.1) is 0 Å². The molecule has 0 aliphatic carbocycles. The molecule has 0 saturated carbocycles. The van der Waals surface area contributed by atoms with E-state index in [1.807, 2.05) is 0 Å². The van der Waals surface area contributed by atoms with Gasteiger partial charge in [0.25, 0.3) is 5.91 Å². The van der Waals surface area contributed by atoms with Gasteiger partial charge in [0, 0.05) is 10.6 Å². The summed E-state index contributed by atoms with van der Waals surface area (Å²) in [4.78, 5) is 12.3. The maximum atomic E-state index is 12.3. The van der Waals surface area contributed by atoms with E-state index in [1.165, 1.54) is 0 Å². The number of amides is 1. The Bertz CT molecular complexity index is 595. The standard InChI is InChI=1S/C16H16ClNO3/c17-14-8-6-13(7-9-14)16(10-19,11-20)18-15(21)12-4-2-1-3-5-12/h1-9,19-20H,10-11H2,(H,18,21). The number of halogens is 1. The molecule has 0 radical (unpaired) electrons. The Labute approximate surface area is 128 Å². The minimum absolute atomic E-state index is 0.367. The molecule has 0 saturated heterocycles. The van der Waals surface area contributed by atoms with Crippen LogP contribution in [0.1, 0.15) is 15.9 Å². The average molecular weight is 306 g/mol. The van der Waals surface area contributed by atoms with Crippen LogP contribution in [0, 0.1) is 0 Å². The smallest absolute Gasteiger partial charge is 0.252 e. The van der Waals surface area contributed by atoms with E-state index in [1.54, 1.807) is 54.6 Å². The van der Waals surface area contributed by atoms with Gasteiger partial charge in [-0.2, -0.15) is 0 Å². The molecule has 0 atom stereocenters. The summed E-state index contributed by atoms with van der Waals surface area (Å²) in [5.74, 6) is -0.367. The van der Waals surface area contributed by atoms with E-state index in [-0.39, 0.29) is 5.91 Å². The highest BCUT2D eigenvalue weighted by molar-refractivity contribution is 6.30. The van der Waals surface area contributed by atoms with Crippen LogP contribution in [-0.2, 0) is 5.54 Å². The van der Waals surface area contributed by atoms with Gasteiger partial charge in [-0.05, 0) is 29.8 Å². The zero-order chi connectivity index (χ0) is 15.3. The van der Waals surface area contributed by atoms with E-state index >= 15 is 0 Å². The minimum Gasteiger partial charge on any atom is -0.393 e. The van der Waals surface area contributed by atoms with Crippen molar-refractivity contribution in [2.45, 2.75) is 5.54 Å². The molecule has 0 spiro atoms. The van der Waals surface area contributed by atoms with E-state index in [0.717, 1.165) is 0 Å². The van der Waals surface area contributed by atoms with Gasteiger partial charge >= 0.3 is 0 Å². The third-order valence-corrected chi connectivity index (χ3v) is 3.58. The quantitative estimate of drug-likeness (QED) is 0.791. The van der Waals surface area contributed by atoms with E-state index in [0.29, 0.717) is 16.1 Å². The third-order valence-electron chi connectivity index (χ3n) is 3.33. The molecule has 0 aliphatic heterocycles. The van der Waals surface area contributed by atoms with E-state index in [2.05, 4.69) is 5.32 Å². The van der Waals surface area contributed by atoms with Gasteiger partial charge in [0.2, 0.25) is 0 Å². The largest absolute Gasteiger partial charge is 0.393 e. The number of nitrogens with one attached hydrogen (secondary N) is 1. The summed E-state index contributed by atoms with van der Waals surface area (Å²) in [5.41, 5.74) is -0.212. The lowest BCUT2D eigenvalue weighted by Gasteiger charge is -2.31. The van der Waals surface area contributed by atoms with Crippen LogP contribution in [-0.4, -0.2) is 29.3 Å². The topological polar surface area (TPSA) is 69.6 Å². The predicted octanol–water partition coefficient (Wildman–Crippen LogP) is 1.95. The summed E-state index contributed by atoms with van der Waals surface area (Å²) in [6.07, 6.45) is 0. The Morgan fingerprint density at radius 1 is 1.00 bits per heavy atom. The van der Waals surface area contributed by atoms with Gasteiger partial charge < -0.3 is 15.5 Å². The first-order valence-electron chi connectivity index (χ1n) is 6.46. The van der Waals surface area contributed by atoms with Crippen LogP contribution in [0.5, 0.6) is 0 Å². The van der Waals surface area contributed by atoms with Crippen molar-refractivity contribution in [1.29, 1.82) is 0 Å².